The van der Waals surface area contributed by atoms with E-state index in [0.29, 0.717) is 6.54 Å². The Morgan fingerprint density at radius 1 is 1.19 bits per heavy atom. The number of hydrogen-bond acceptors (Lipinski definition) is 6. The number of nitrogens with two attached hydrogens (primary N) is 1. The summed E-state index contributed by atoms with van der Waals surface area (Å²) in [5, 5.41) is 8.80. The van der Waals surface area contributed by atoms with Crippen molar-refractivity contribution in [3.63, 3.8) is 0 Å². The zero-order valence-electron chi connectivity index (χ0n) is 15.4. The number of aromatic nitrogens is 3. The van der Waals surface area contributed by atoms with Crippen molar-refractivity contribution in [2.75, 3.05) is 39.4 Å². The molecule has 0 aliphatic carbocycles. The first kappa shape index (κ1) is 18.8. The summed E-state index contributed by atoms with van der Waals surface area (Å²) in [6, 6.07) is 0. The summed E-state index contributed by atoms with van der Waals surface area (Å²) in [5.41, 5.74) is 5.14. The molecule has 2 saturated heterocycles. The highest BCUT2D eigenvalue weighted by Gasteiger charge is 2.28. The molecule has 2 fully saturated rings. The standard InChI is InChI=1S/C17H28N6O3/c1-21-15(12-22-7-9-26-10-8-22)19-20-17(21)13-3-2-6-23(11-13)16(25)5-4-14(18)24/h13H,2-12H2,1H3,(H2,18,24)/t13-/m0/s1. The normalized spacial score (nSPS) is 21.7. The summed E-state index contributed by atoms with van der Waals surface area (Å²) < 4.78 is 7.45. The van der Waals surface area contributed by atoms with Crippen LogP contribution in [-0.4, -0.2) is 75.8 Å². The molecular weight excluding hydrogens is 336 g/mol. The van der Waals surface area contributed by atoms with Crippen LogP contribution in [0.15, 0.2) is 0 Å². The molecule has 2 aliphatic heterocycles. The van der Waals surface area contributed by atoms with Gasteiger partial charge >= 0.3 is 0 Å². The van der Waals surface area contributed by atoms with Gasteiger partial charge in [0.2, 0.25) is 11.8 Å². The third-order valence-corrected chi connectivity index (χ3v) is 5.19. The lowest BCUT2D eigenvalue weighted by Gasteiger charge is -2.32. The Kier molecular flexibility index (Phi) is 6.20. The molecule has 2 amide bonds. The van der Waals surface area contributed by atoms with Crippen molar-refractivity contribution in [2.24, 2.45) is 12.8 Å². The lowest BCUT2D eigenvalue weighted by molar-refractivity contribution is -0.134. The minimum atomic E-state index is -0.437. The number of ether oxygens (including phenoxy) is 1. The number of rotatable bonds is 6. The van der Waals surface area contributed by atoms with Crippen molar-refractivity contribution in [2.45, 2.75) is 38.1 Å². The highest BCUT2D eigenvalue weighted by molar-refractivity contribution is 5.82. The first-order valence-electron chi connectivity index (χ1n) is 9.29. The quantitative estimate of drug-likeness (QED) is 0.737. The van der Waals surface area contributed by atoms with E-state index >= 15 is 0 Å². The van der Waals surface area contributed by atoms with Crippen LogP contribution in [0.5, 0.6) is 0 Å². The first-order chi connectivity index (χ1) is 12.5. The second-order valence-corrected chi connectivity index (χ2v) is 7.07. The molecule has 0 unspecified atom stereocenters. The molecule has 0 spiro atoms. The Balaban J connectivity index is 1.61. The van der Waals surface area contributed by atoms with Crippen molar-refractivity contribution >= 4 is 11.8 Å². The molecule has 0 saturated carbocycles. The van der Waals surface area contributed by atoms with Gasteiger partial charge in [0.25, 0.3) is 0 Å². The molecule has 1 aromatic heterocycles. The van der Waals surface area contributed by atoms with Gasteiger partial charge in [-0.2, -0.15) is 0 Å². The number of hydrogen-bond donors (Lipinski definition) is 1. The van der Waals surface area contributed by atoms with E-state index < -0.39 is 5.91 Å². The molecule has 9 nitrogen and oxygen atoms in total. The van der Waals surface area contributed by atoms with Crippen molar-refractivity contribution in [3.8, 4) is 0 Å². The third kappa shape index (κ3) is 4.59. The van der Waals surface area contributed by atoms with E-state index in [1.54, 1.807) is 0 Å². The highest BCUT2D eigenvalue weighted by Crippen LogP contribution is 2.26. The average molecular weight is 364 g/mol. The fourth-order valence-corrected chi connectivity index (χ4v) is 3.63. The predicted octanol–water partition coefficient (Wildman–Crippen LogP) is -0.381. The smallest absolute Gasteiger partial charge is 0.223 e. The number of morpholine rings is 1. The third-order valence-electron chi connectivity index (χ3n) is 5.19. The molecule has 2 N–H and O–H groups in total. The maximum absolute atomic E-state index is 12.3. The van der Waals surface area contributed by atoms with Crippen LogP contribution < -0.4 is 5.73 Å². The first-order valence-corrected chi connectivity index (χ1v) is 9.29. The fourth-order valence-electron chi connectivity index (χ4n) is 3.63. The SMILES string of the molecule is Cn1c(CN2CCOCC2)nnc1[C@H]1CCCN(C(=O)CCC(N)=O)C1. The zero-order chi connectivity index (χ0) is 18.5. The van der Waals surface area contributed by atoms with E-state index in [-0.39, 0.29) is 24.7 Å². The van der Waals surface area contributed by atoms with Gasteiger partial charge in [-0.1, -0.05) is 0 Å². The molecule has 0 bridgehead atoms. The molecule has 9 heteroatoms. The summed E-state index contributed by atoms with van der Waals surface area (Å²) in [4.78, 5) is 27.3. The molecule has 3 rings (SSSR count). The fraction of sp³-hybridized carbons (Fsp3) is 0.765. The summed E-state index contributed by atoms with van der Waals surface area (Å²) in [6.07, 6.45) is 2.21. The molecule has 3 heterocycles. The van der Waals surface area contributed by atoms with Gasteiger partial charge in [0.05, 0.1) is 19.8 Å². The number of carbonyl (C=O) groups excluding carboxylic acids is 2. The number of primary amides is 1. The van der Waals surface area contributed by atoms with E-state index in [1.807, 2.05) is 11.9 Å². The van der Waals surface area contributed by atoms with Crippen LogP contribution in [0.2, 0.25) is 0 Å². The van der Waals surface area contributed by atoms with Gasteiger partial charge in [0.1, 0.15) is 11.6 Å². The minimum absolute atomic E-state index is 0.00999. The van der Waals surface area contributed by atoms with Crippen LogP contribution in [-0.2, 0) is 27.9 Å². The van der Waals surface area contributed by atoms with Crippen LogP contribution >= 0.6 is 0 Å². The second kappa shape index (κ2) is 8.59. The highest BCUT2D eigenvalue weighted by atomic mass is 16.5. The van der Waals surface area contributed by atoms with Gasteiger partial charge < -0.3 is 19.9 Å². The second-order valence-electron chi connectivity index (χ2n) is 7.07. The predicted molar refractivity (Wildman–Crippen MR) is 94.1 cm³/mol. The van der Waals surface area contributed by atoms with Gasteiger partial charge in [-0.25, -0.2) is 0 Å². The molecule has 26 heavy (non-hydrogen) atoms. The van der Waals surface area contributed by atoms with Crippen LogP contribution in [0, 0.1) is 0 Å². The topological polar surface area (TPSA) is 107 Å². The van der Waals surface area contributed by atoms with Crippen molar-refractivity contribution in [1.29, 1.82) is 0 Å². The number of likely N-dealkylation sites (tertiary alicyclic amines) is 1. The maximum Gasteiger partial charge on any atom is 0.223 e. The summed E-state index contributed by atoms with van der Waals surface area (Å²) in [7, 11) is 2.00. The number of amides is 2. The molecule has 1 aromatic rings. The minimum Gasteiger partial charge on any atom is -0.379 e. The van der Waals surface area contributed by atoms with Crippen molar-refractivity contribution in [3.05, 3.63) is 11.6 Å². The van der Waals surface area contributed by atoms with Gasteiger partial charge in [-0.3, -0.25) is 14.5 Å². The van der Waals surface area contributed by atoms with E-state index in [2.05, 4.69) is 19.7 Å². The summed E-state index contributed by atoms with van der Waals surface area (Å²) in [6.45, 7) is 5.46. The largest absolute Gasteiger partial charge is 0.379 e. The lowest BCUT2D eigenvalue weighted by atomic mass is 9.96. The van der Waals surface area contributed by atoms with Crippen molar-refractivity contribution in [1.82, 2.24) is 24.6 Å². The van der Waals surface area contributed by atoms with Gasteiger partial charge in [-0.05, 0) is 12.8 Å². The Labute approximate surface area is 153 Å². The summed E-state index contributed by atoms with van der Waals surface area (Å²) in [5.74, 6) is 1.61. The Morgan fingerprint density at radius 3 is 2.69 bits per heavy atom. The molecular formula is C17H28N6O3. The maximum atomic E-state index is 12.3. The van der Waals surface area contributed by atoms with E-state index in [0.717, 1.165) is 63.9 Å². The monoisotopic (exact) mass is 364 g/mol. The Morgan fingerprint density at radius 2 is 1.96 bits per heavy atom. The lowest BCUT2D eigenvalue weighted by Crippen LogP contribution is -2.40. The van der Waals surface area contributed by atoms with E-state index in [1.165, 1.54) is 0 Å². The Hall–Kier alpha value is -2.00. The van der Waals surface area contributed by atoms with Crippen LogP contribution in [0.25, 0.3) is 0 Å². The van der Waals surface area contributed by atoms with Crippen LogP contribution in [0.3, 0.4) is 0 Å². The van der Waals surface area contributed by atoms with Crippen molar-refractivity contribution < 1.29 is 14.3 Å². The summed E-state index contributed by atoms with van der Waals surface area (Å²) >= 11 is 0. The number of piperidine rings is 1. The number of nitrogens with zero attached hydrogens (tertiary/aromatic N) is 5. The van der Waals surface area contributed by atoms with Gasteiger partial charge in [-0.15, -0.1) is 10.2 Å². The van der Waals surface area contributed by atoms with E-state index in [4.69, 9.17) is 10.5 Å². The molecule has 1 atom stereocenters. The van der Waals surface area contributed by atoms with Gasteiger partial charge in [0.15, 0.2) is 0 Å². The Bertz CT molecular complexity index is 640. The molecule has 2 aliphatic rings. The zero-order valence-corrected chi connectivity index (χ0v) is 15.4. The van der Waals surface area contributed by atoms with E-state index in [9.17, 15) is 9.59 Å². The van der Waals surface area contributed by atoms with Crippen LogP contribution in [0.4, 0.5) is 0 Å². The molecule has 0 aromatic carbocycles. The van der Waals surface area contributed by atoms with Crippen LogP contribution in [0.1, 0.15) is 43.3 Å². The average Bonchev–Trinajstić information content (AvgIpc) is 3.01. The molecule has 144 valence electrons. The van der Waals surface area contributed by atoms with Gasteiger partial charge in [0, 0.05) is 52.0 Å². The molecule has 0 radical (unpaired) electrons. The number of carbonyl (C=O) groups is 2.